The Labute approximate surface area is 137 Å². The fourth-order valence-corrected chi connectivity index (χ4v) is 3.71. The maximum atomic E-state index is 10.8. The Morgan fingerprint density at radius 2 is 2.00 bits per heavy atom. The van der Waals surface area contributed by atoms with Gasteiger partial charge in [0, 0.05) is 5.92 Å². The fraction of sp³-hybridized carbons (Fsp3) is 0.350. The van der Waals surface area contributed by atoms with Crippen LogP contribution in [0.5, 0.6) is 0 Å². The van der Waals surface area contributed by atoms with Crippen molar-refractivity contribution in [2.24, 2.45) is 5.92 Å². The summed E-state index contributed by atoms with van der Waals surface area (Å²) in [5.74, 6) is -0.0399. The number of hydrogen-bond donors (Lipinski definition) is 2. The van der Waals surface area contributed by atoms with Crippen molar-refractivity contribution in [1.29, 1.82) is 0 Å². The third-order valence-corrected chi connectivity index (χ3v) is 4.73. The van der Waals surface area contributed by atoms with Crippen LogP contribution in [0.4, 0.5) is 0 Å². The van der Waals surface area contributed by atoms with Crippen molar-refractivity contribution in [2.45, 2.75) is 25.7 Å². The van der Waals surface area contributed by atoms with Crippen LogP contribution in [0.2, 0.25) is 0 Å². The number of benzene rings is 2. The summed E-state index contributed by atoms with van der Waals surface area (Å²) in [6, 6.07) is 17.3. The Hall–Kier alpha value is -2.13. The molecule has 3 rings (SSSR count). The summed E-state index contributed by atoms with van der Waals surface area (Å²) in [5, 5.41) is 11.9. The molecule has 1 aliphatic rings. The molecule has 2 atom stereocenters. The first-order chi connectivity index (χ1) is 11.1. The predicted octanol–water partition coefficient (Wildman–Crippen LogP) is 3.36. The van der Waals surface area contributed by atoms with Gasteiger partial charge in [0.1, 0.15) is 0 Å². The Morgan fingerprint density at radius 3 is 2.74 bits per heavy atom. The van der Waals surface area contributed by atoms with Crippen molar-refractivity contribution >= 4 is 5.97 Å². The SMILES string of the molecule is Cc1ccc2c(c1)CCC(CNCC(=O)O)C2c1ccccc1. The molecule has 0 spiro atoms. The zero-order chi connectivity index (χ0) is 16.2. The number of fused-ring (bicyclic) bond motifs is 1. The summed E-state index contributed by atoms with van der Waals surface area (Å²) < 4.78 is 0. The van der Waals surface area contributed by atoms with Gasteiger partial charge in [0.15, 0.2) is 0 Å². The second kappa shape index (κ2) is 6.97. The van der Waals surface area contributed by atoms with Crippen LogP contribution in [0.25, 0.3) is 0 Å². The van der Waals surface area contributed by atoms with E-state index in [0.29, 0.717) is 11.8 Å². The van der Waals surface area contributed by atoms with Crippen LogP contribution in [-0.2, 0) is 11.2 Å². The van der Waals surface area contributed by atoms with Crippen LogP contribution in [0.3, 0.4) is 0 Å². The summed E-state index contributed by atoms with van der Waals surface area (Å²) in [5.41, 5.74) is 5.46. The van der Waals surface area contributed by atoms with Gasteiger partial charge < -0.3 is 10.4 Å². The molecule has 0 heterocycles. The van der Waals surface area contributed by atoms with E-state index in [1.165, 1.54) is 22.3 Å². The highest BCUT2D eigenvalue weighted by molar-refractivity contribution is 5.69. The maximum absolute atomic E-state index is 10.8. The molecule has 2 N–H and O–H groups in total. The first kappa shape index (κ1) is 15.8. The van der Waals surface area contributed by atoms with Crippen molar-refractivity contribution in [3.63, 3.8) is 0 Å². The van der Waals surface area contributed by atoms with E-state index >= 15 is 0 Å². The molecule has 0 fully saturated rings. The summed E-state index contributed by atoms with van der Waals surface area (Å²) in [7, 11) is 0. The van der Waals surface area contributed by atoms with Crippen LogP contribution >= 0.6 is 0 Å². The topological polar surface area (TPSA) is 49.3 Å². The number of carboxylic acids is 1. The number of aliphatic carboxylic acids is 1. The van der Waals surface area contributed by atoms with E-state index in [9.17, 15) is 4.79 Å². The molecule has 2 aromatic carbocycles. The van der Waals surface area contributed by atoms with Crippen LogP contribution in [0, 0.1) is 12.8 Å². The minimum absolute atomic E-state index is 0.0266. The molecular formula is C20H23NO2. The smallest absolute Gasteiger partial charge is 0.317 e. The normalized spacial score (nSPS) is 20.0. The molecule has 1 aliphatic carbocycles. The van der Waals surface area contributed by atoms with Crippen LogP contribution in [0.15, 0.2) is 48.5 Å². The highest BCUT2D eigenvalue weighted by atomic mass is 16.4. The Bertz CT molecular complexity index is 681. The molecule has 0 saturated heterocycles. The monoisotopic (exact) mass is 309 g/mol. The van der Waals surface area contributed by atoms with Gasteiger partial charge in [0.2, 0.25) is 0 Å². The highest BCUT2D eigenvalue weighted by Crippen LogP contribution is 2.40. The van der Waals surface area contributed by atoms with E-state index in [1.54, 1.807) is 0 Å². The zero-order valence-corrected chi connectivity index (χ0v) is 13.5. The second-order valence-corrected chi connectivity index (χ2v) is 6.41. The molecule has 0 aromatic heterocycles. The van der Waals surface area contributed by atoms with E-state index in [1.807, 2.05) is 6.07 Å². The second-order valence-electron chi connectivity index (χ2n) is 6.41. The third kappa shape index (κ3) is 3.62. The fourth-order valence-electron chi connectivity index (χ4n) is 3.71. The highest BCUT2D eigenvalue weighted by Gasteiger charge is 2.30. The lowest BCUT2D eigenvalue weighted by Gasteiger charge is -2.34. The van der Waals surface area contributed by atoms with E-state index in [-0.39, 0.29) is 6.54 Å². The molecule has 0 radical (unpaired) electrons. The van der Waals surface area contributed by atoms with Gasteiger partial charge in [0.05, 0.1) is 6.54 Å². The molecule has 23 heavy (non-hydrogen) atoms. The number of hydrogen-bond acceptors (Lipinski definition) is 2. The van der Waals surface area contributed by atoms with Gasteiger partial charge in [-0.3, -0.25) is 4.79 Å². The first-order valence-corrected chi connectivity index (χ1v) is 8.22. The van der Waals surface area contributed by atoms with Gasteiger partial charge in [0.25, 0.3) is 0 Å². The average molecular weight is 309 g/mol. The van der Waals surface area contributed by atoms with E-state index in [4.69, 9.17) is 5.11 Å². The van der Waals surface area contributed by atoms with Crippen molar-refractivity contribution in [3.05, 3.63) is 70.8 Å². The Balaban J connectivity index is 1.91. The molecule has 0 saturated carbocycles. The number of carboxylic acid groups (broad SMARTS) is 1. The summed E-state index contributed by atoms with van der Waals surface area (Å²) in [4.78, 5) is 10.8. The average Bonchev–Trinajstić information content (AvgIpc) is 2.55. The van der Waals surface area contributed by atoms with E-state index < -0.39 is 5.97 Å². The lowest BCUT2D eigenvalue weighted by molar-refractivity contribution is -0.136. The molecular weight excluding hydrogens is 286 g/mol. The number of rotatable bonds is 5. The van der Waals surface area contributed by atoms with Crippen LogP contribution in [0.1, 0.15) is 34.6 Å². The van der Waals surface area contributed by atoms with Gasteiger partial charge in [-0.1, -0.05) is 54.1 Å². The minimum atomic E-state index is -0.798. The Kier molecular flexibility index (Phi) is 4.77. The van der Waals surface area contributed by atoms with Gasteiger partial charge in [-0.05, 0) is 48.9 Å². The van der Waals surface area contributed by atoms with E-state index in [0.717, 1.165) is 19.4 Å². The van der Waals surface area contributed by atoms with Gasteiger partial charge in [-0.15, -0.1) is 0 Å². The Morgan fingerprint density at radius 1 is 1.22 bits per heavy atom. The molecule has 3 heteroatoms. The maximum Gasteiger partial charge on any atom is 0.317 e. The lowest BCUT2D eigenvalue weighted by Crippen LogP contribution is -2.34. The summed E-state index contributed by atoms with van der Waals surface area (Å²) >= 11 is 0. The molecule has 0 bridgehead atoms. The molecule has 2 aromatic rings. The van der Waals surface area contributed by atoms with Crippen LogP contribution < -0.4 is 5.32 Å². The predicted molar refractivity (Wildman–Crippen MR) is 91.8 cm³/mol. The van der Waals surface area contributed by atoms with Crippen molar-refractivity contribution in [3.8, 4) is 0 Å². The van der Waals surface area contributed by atoms with Crippen molar-refractivity contribution < 1.29 is 9.90 Å². The first-order valence-electron chi connectivity index (χ1n) is 8.22. The van der Waals surface area contributed by atoms with Gasteiger partial charge >= 0.3 is 5.97 Å². The van der Waals surface area contributed by atoms with Crippen LogP contribution in [-0.4, -0.2) is 24.2 Å². The summed E-state index contributed by atoms with van der Waals surface area (Å²) in [6.07, 6.45) is 2.16. The third-order valence-electron chi connectivity index (χ3n) is 4.73. The van der Waals surface area contributed by atoms with E-state index in [2.05, 4.69) is 54.7 Å². The number of nitrogens with one attached hydrogen (secondary N) is 1. The van der Waals surface area contributed by atoms with Gasteiger partial charge in [-0.25, -0.2) is 0 Å². The van der Waals surface area contributed by atoms with Crippen molar-refractivity contribution in [2.75, 3.05) is 13.1 Å². The number of aryl methyl sites for hydroxylation is 2. The molecule has 3 nitrogen and oxygen atoms in total. The zero-order valence-electron chi connectivity index (χ0n) is 13.5. The molecule has 2 unspecified atom stereocenters. The summed E-state index contributed by atoms with van der Waals surface area (Å²) in [6.45, 7) is 2.90. The van der Waals surface area contributed by atoms with Gasteiger partial charge in [-0.2, -0.15) is 0 Å². The number of carbonyl (C=O) groups is 1. The molecule has 0 aliphatic heterocycles. The quantitative estimate of drug-likeness (QED) is 0.890. The largest absolute Gasteiger partial charge is 0.480 e. The molecule has 120 valence electrons. The minimum Gasteiger partial charge on any atom is -0.480 e. The lowest BCUT2D eigenvalue weighted by atomic mass is 9.71. The van der Waals surface area contributed by atoms with Crippen molar-refractivity contribution in [1.82, 2.24) is 5.32 Å². The molecule has 0 amide bonds. The standard InChI is InChI=1S/C20H23NO2/c1-14-7-10-18-16(11-14)8-9-17(12-21-13-19(22)23)20(18)15-5-3-2-4-6-15/h2-7,10-11,17,20-21H,8-9,12-13H2,1H3,(H,22,23).